The molecule has 0 saturated heterocycles. The number of aryl methyl sites for hydroxylation is 1. The monoisotopic (exact) mass is 615 g/mol. The van der Waals surface area contributed by atoms with E-state index in [9.17, 15) is 9.90 Å². The Labute approximate surface area is 266 Å². The molecule has 1 N–H and O–H groups in total. The molecule has 1 unspecified atom stereocenters. The maximum atomic E-state index is 11.9. The van der Waals surface area contributed by atoms with Gasteiger partial charge in [-0.2, -0.15) is 0 Å². The van der Waals surface area contributed by atoms with E-state index < -0.39 is 12.1 Å². The van der Waals surface area contributed by atoms with Crippen molar-refractivity contribution < 1.29 is 23.8 Å². The van der Waals surface area contributed by atoms with E-state index in [0.717, 1.165) is 33.7 Å². The number of rotatable bonds is 12. The molecule has 0 radical (unpaired) electrons. The van der Waals surface area contributed by atoms with Crippen LogP contribution >= 0.6 is 11.8 Å². The zero-order chi connectivity index (χ0) is 32.3. The Morgan fingerprint density at radius 1 is 1.02 bits per heavy atom. The number of ether oxygens (including phenoxy) is 2. The largest absolute Gasteiger partial charge is 0.493 e. The Hall–Kier alpha value is -3.97. The number of hydrogen-bond donors (Lipinski definition) is 1. The fraction of sp³-hybridized carbons (Fsp3) is 0.351. The van der Waals surface area contributed by atoms with E-state index in [1.165, 1.54) is 5.57 Å². The topological polar surface area (TPSA) is 81.8 Å². The molecule has 0 saturated carbocycles. The molecule has 3 aromatic carbocycles. The van der Waals surface area contributed by atoms with Gasteiger partial charge in [-0.3, -0.25) is 0 Å². The second-order valence-corrected chi connectivity index (χ2v) is 12.0. The predicted molar refractivity (Wildman–Crippen MR) is 182 cm³/mol. The number of oxazole rings is 1. The van der Waals surface area contributed by atoms with Crippen LogP contribution in [0.4, 0.5) is 0 Å². The van der Waals surface area contributed by atoms with Crippen molar-refractivity contribution in [2.24, 2.45) is 0 Å². The van der Waals surface area contributed by atoms with Crippen molar-refractivity contribution in [2.75, 3.05) is 12.9 Å². The minimum atomic E-state index is -1.00. The highest BCUT2D eigenvalue weighted by Crippen LogP contribution is 2.27. The van der Waals surface area contributed by atoms with Crippen molar-refractivity contribution in [3.8, 4) is 23.0 Å². The number of thioether (sulfide) groups is 1. The number of carboxylic acids is 1. The standard InChI is InChI=1S/C35H39NO5S.C2H6/c1-23(22-42-6)26-8-7-9-27(21-26)33-36-31(24(2)40-33)18-19-39-29-14-10-25(11-15-29)20-32(34(37)38)41-30-16-12-28(13-17-30)35(3,4)5;1-2/h7-17,21-22,32H,18-20H2,1-6H3,(H,37,38);1-2H3/b23-22+;. The molecule has 0 aliphatic carbocycles. The lowest BCUT2D eigenvalue weighted by atomic mass is 9.87. The van der Waals surface area contributed by atoms with Crippen LogP contribution < -0.4 is 9.47 Å². The lowest BCUT2D eigenvalue weighted by molar-refractivity contribution is -0.145. The van der Waals surface area contributed by atoms with E-state index in [0.29, 0.717) is 30.4 Å². The van der Waals surface area contributed by atoms with Gasteiger partial charge >= 0.3 is 5.97 Å². The minimum Gasteiger partial charge on any atom is -0.493 e. The molecule has 1 aromatic heterocycles. The van der Waals surface area contributed by atoms with Crippen LogP contribution in [0.3, 0.4) is 0 Å². The zero-order valence-corrected chi connectivity index (χ0v) is 28.0. The second-order valence-electron chi connectivity index (χ2n) is 11.3. The van der Waals surface area contributed by atoms with Gasteiger partial charge in [-0.25, -0.2) is 9.78 Å². The molecule has 4 aromatic rings. The summed E-state index contributed by atoms with van der Waals surface area (Å²) in [6.07, 6.45) is 1.90. The molecule has 1 heterocycles. The van der Waals surface area contributed by atoms with Crippen molar-refractivity contribution in [2.45, 2.75) is 72.8 Å². The van der Waals surface area contributed by atoms with Gasteiger partial charge in [-0.05, 0) is 89.6 Å². The SMILES string of the molecule is CC.CS/C=C(\C)c1cccc(-c2nc(CCOc3ccc(CC(Oc4ccc(C(C)(C)C)cc4)C(=O)O)cc3)c(C)o2)c1. The first kappa shape index (κ1) is 34.5. The highest BCUT2D eigenvalue weighted by Gasteiger charge is 2.21. The molecule has 7 heteroatoms. The van der Waals surface area contributed by atoms with Gasteiger partial charge in [-0.15, -0.1) is 11.8 Å². The first-order valence-corrected chi connectivity index (χ1v) is 16.3. The molecule has 0 bridgehead atoms. The molecule has 0 aliphatic rings. The normalized spacial score (nSPS) is 12.2. The van der Waals surface area contributed by atoms with Crippen molar-refractivity contribution in [3.05, 3.63) is 106 Å². The molecule has 0 spiro atoms. The maximum absolute atomic E-state index is 11.9. The Balaban J connectivity index is 0.00000259. The molecular formula is C37H45NO5S. The van der Waals surface area contributed by atoms with Gasteiger partial charge in [0.05, 0.1) is 12.3 Å². The summed E-state index contributed by atoms with van der Waals surface area (Å²) in [6.45, 7) is 14.9. The van der Waals surface area contributed by atoms with Crippen molar-refractivity contribution in [1.82, 2.24) is 4.98 Å². The summed E-state index contributed by atoms with van der Waals surface area (Å²) in [4.78, 5) is 16.6. The van der Waals surface area contributed by atoms with Gasteiger partial charge in [-0.1, -0.05) is 71.0 Å². The quantitative estimate of drug-likeness (QED) is 0.170. The first-order valence-electron chi connectivity index (χ1n) is 15.0. The van der Waals surface area contributed by atoms with Crippen molar-refractivity contribution in [1.29, 1.82) is 0 Å². The fourth-order valence-electron chi connectivity index (χ4n) is 4.50. The molecule has 44 heavy (non-hydrogen) atoms. The van der Waals surface area contributed by atoms with E-state index in [1.54, 1.807) is 11.8 Å². The van der Waals surface area contributed by atoms with Crippen LogP contribution in [0, 0.1) is 6.92 Å². The number of carbonyl (C=O) groups is 1. The molecule has 234 valence electrons. The third-order valence-electron chi connectivity index (χ3n) is 6.98. The average Bonchev–Trinajstić information content (AvgIpc) is 3.38. The van der Waals surface area contributed by atoms with Gasteiger partial charge in [0.1, 0.15) is 17.3 Å². The van der Waals surface area contributed by atoms with Crippen LogP contribution in [0.1, 0.15) is 69.7 Å². The van der Waals surface area contributed by atoms with Gasteiger partial charge in [0.25, 0.3) is 0 Å². The predicted octanol–water partition coefficient (Wildman–Crippen LogP) is 9.39. The highest BCUT2D eigenvalue weighted by molar-refractivity contribution is 8.01. The third-order valence-corrected chi connectivity index (χ3v) is 7.57. The molecular weight excluding hydrogens is 570 g/mol. The fourth-order valence-corrected chi connectivity index (χ4v) is 4.99. The lowest BCUT2D eigenvalue weighted by Gasteiger charge is -2.20. The highest BCUT2D eigenvalue weighted by atomic mass is 32.2. The number of carboxylic acid groups (broad SMARTS) is 1. The van der Waals surface area contributed by atoms with Gasteiger partial charge in [0.15, 0.2) is 6.10 Å². The Morgan fingerprint density at radius 2 is 1.68 bits per heavy atom. The maximum Gasteiger partial charge on any atom is 0.345 e. The van der Waals surface area contributed by atoms with Gasteiger partial charge in [0.2, 0.25) is 5.89 Å². The second kappa shape index (κ2) is 16.2. The minimum absolute atomic E-state index is 0.0162. The number of aliphatic carboxylic acids is 1. The Bertz CT molecular complexity index is 1510. The summed E-state index contributed by atoms with van der Waals surface area (Å²) in [6, 6.07) is 23.3. The number of nitrogens with zero attached hydrogens (tertiary/aromatic N) is 1. The number of hydrogen-bond acceptors (Lipinski definition) is 6. The Kier molecular flexibility index (Phi) is 12.7. The summed E-state index contributed by atoms with van der Waals surface area (Å²) in [5.41, 5.74) is 6.17. The van der Waals surface area contributed by atoms with Crippen LogP contribution in [0.15, 0.2) is 82.6 Å². The molecule has 0 aliphatic heterocycles. The average molecular weight is 616 g/mol. The smallest absolute Gasteiger partial charge is 0.345 e. The molecule has 6 nitrogen and oxygen atoms in total. The molecule has 1 atom stereocenters. The third kappa shape index (κ3) is 9.78. The van der Waals surface area contributed by atoms with Gasteiger partial charge in [0, 0.05) is 18.4 Å². The van der Waals surface area contributed by atoms with Crippen LogP contribution in [0.2, 0.25) is 0 Å². The summed E-state index contributed by atoms with van der Waals surface area (Å²) < 4.78 is 17.8. The summed E-state index contributed by atoms with van der Waals surface area (Å²) in [7, 11) is 0. The van der Waals surface area contributed by atoms with E-state index in [4.69, 9.17) is 18.9 Å². The van der Waals surface area contributed by atoms with Gasteiger partial charge < -0.3 is 19.0 Å². The lowest BCUT2D eigenvalue weighted by Crippen LogP contribution is -2.29. The summed E-state index contributed by atoms with van der Waals surface area (Å²) in [5.74, 6) is 1.62. The van der Waals surface area contributed by atoms with E-state index in [-0.39, 0.29) is 11.8 Å². The van der Waals surface area contributed by atoms with E-state index in [2.05, 4.69) is 45.2 Å². The first-order chi connectivity index (χ1) is 21.0. The van der Waals surface area contributed by atoms with Crippen LogP contribution in [0.25, 0.3) is 17.0 Å². The van der Waals surface area contributed by atoms with Crippen molar-refractivity contribution in [3.63, 3.8) is 0 Å². The van der Waals surface area contributed by atoms with E-state index >= 15 is 0 Å². The van der Waals surface area contributed by atoms with Crippen molar-refractivity contribution >= 4 is 23.3 Å². The molecule has 0 amide bonds. The summed E-state index contributed by atoms with van der Waals surface area (Å²) >= 11 is 1.68. The van der Waals surface area contributed by atoms with E-state index in [1.807, 2.05) is 87.7 Å². The zero-order valence-electron chi connectivity index (χ0n) is 27.1. The number of allylic oxidation sites excluding steroid dienone is 1. The van der Waals surface area contributed by atoms with Crippen LogP contribution in [0.5, 0.6) is 11.5 Å². The number of aromatic nitrogens is 1. The Morgan fingerprint density at radius 3 is 2.30 bits per heavy atom. The van der Waals surface area contributed by atoms with Crippen LogP contribution in [-0.2, 0) is 23.1 Å². The van der Waals surface area contributed by atoms with Crippen LogP contribution in [-0.4, -0.2) is 35.0 Å². The molecule has 0 fully saturated rings. The molecule has 4 rings (SSSR count). The number of benzene rings is 3. The summed E-state index contributed by atoms with van der Waals surface area (Å²) in [5, 5.41) is 11.9.